The van der Waals surface area contributed by atoms with Gasteiger partial charge in [-0.1, -0.05) is 25.4 Å². The van der Waals surface area contributed by atoms with Crippen molar-refractivity contribution in [2.24, 2.45) is 10.9 Å². The van der Waals surface area contributed by atoms with Gasteiger partial charge in [0.15, 0.2) is 0 Å². The third kappa shape index (κ3) is 2.76. The van der Waals surface area contributed by atoms with E-state index in [2.05, 4.69) is 15.0 Å². The van der Waals surface area contributed by atoms with Crippen LogP contribution in [0.25, 0.3) is 0 Å². The molecule has 0 aromatic heterocycles. The van der Waals surface area contributed by atoms with Crippen molar-refractivity contribution in [2.75, 3.05) is 11.9 Å². The Kier molecular flexibility index (Phi) is 3.49. The van der Waals surface area contributed by atoms with Crippen molar-refractivity contribution in [3.8, 4) is 0 Å². The minimum Gasteiger partial charge on any atom is -0.324 e. The maximum atomic E-state index is 12.0. The zero-order valence-electron chi connectivity index (χ0n) is 10.1. The standard InChI is InChI=1S/C11H14ClN3O2S/c1-7(2)6-13-11-14-9-4-3-8(12)5-10(9)18(16,17)15-11/h3-5,7H,6H2,1-2H3,(H2,13,14,15). The monoisotopic (exact) mass is 287 g/mol. The number of fused-ring (bicyclic) bond motifs is 1. The first-order valence-corrected chi connectivity index (χ1v) is 7.38. The van der Waals surface area contributed by atoms with Crippen LogP contribution < -0.4 is 10.0 Å². The number of nitrogens with one attached hydrogen (secondary N) is 2. The van der Waals surface area contributed by atoms with Crippen LogP contribution in [-0.4, -0.2) is 20.9 Å². The minimum atomic E-state index is -3.59. The SMILES string of the molecule is CC(C)CN=C1Nc2ccc(Cl)cc2S(=O)(=O)N1. The van der Waals surface area contributed by atoms with Crippen LogP contribution in [0.2, 0.25) is 5.02 Å². The van der Waals surface area contributed by atoms with Gasteiger partial charge < -0.3 is 5.32 Å². The van der Waals surface area contributed by atoms with Gasteiger partial charge in [0.05, 0.1) is 5.69 Å². The first kappa shape index (κ1) is 13.2. The van der Waals surface area contributed by atoms with Gasteiger partial charge in [0.25, 0.3) is 10.0 Å². The van der Waals surface area contributed by atoms with E-state index in [0.29, 0.717) is 23.2 Å². The van der Waals surface area contributed by atoms with Gasteiger partial charge in [-0.15, -0.1) is 0 Å². The average Bonchev–Trinajstić information content (AvgIpc) is 2.27. The predicted octanol–water partition coefficient (Wildman–Crippen LogP) is 2.06. The molecule has 1 aliphatic heterocycles. The lowest BCUT2D eigenvalue weighted by Gasteiger charge is -2.21. The van der Waals surface area contributed by atoms with E-state index in [1.165, 1.54) is 6.07 Å². The molecule has 5 nitrogen and oxygen atoms in total. The summed E-state index contributed by atoms with van der Waals surface area (Å²) in [5.74, 6) is 0.606. The second-order valence-electron chi connectivity index (χ2n) is 4.45. The Morgan fingerprint density at radius 3 is 2.78 bits per heavy atom. The van der Waals surface area contributed by atoms with Gasteiger partial charge >= 0.3 is 0 Å². The molecule has 1 aliphatic rings. The second kappa shape index (κ2) is 4.78. The number of aliphatic imine (C=N–C) groups is 1. The fourth-order valence-electron chi connectivity index (χ4n) is 1.50. The molecule has 0 amide bonds. The summed E-state index contributed by atoms with van der Waals surface area (Å²) in [6.07, 6.45) is 0. The molecule has 0 bridgehead atoms. The molecule has 2 N–H and O–H groups in total. The Labute approximate surface area is 111 Å². The Morgan fingerprint density at radius 1 is 1.39 bits per heavy atom. The Morgan fingerprint density at radius 2 is 2.11 bits per heavy atom. The highest BCUT2D eigenvalue weighted by molar-refractivity contribution is 7.90. The maximum Gasteiger partial charge on any atom is 0.266 e. The van der Waals surface area contributed by atoms with Crippen LogP contribution >= 0.6 is 11.6 Å². The second-order valence-corrected chi connectivity index (χ2v) is 6.54. The van der Waals surface area contributed by atoms with Gasteiger partial charge in [0.2, 0.25) is 5.96 Å². The first-order chi connectivity index (χ1) is 8.38. The van der Waals surface area contributed by atoms with Gasteiger partial charge in [0.1, 0.15) is 4.90 Å². The number of rotatable bonds is 2. The van der Waals surface area contributed by atoms with Crippen molar-refractivity contribution in [3.05, 3.63) is 23.2 Å². The van der Waals surface area contributed by atoms with Gasteiger partial charge in [-0.25, -0.2) is 13.1 Å². The predicted molar refractivity (Wildman–Crippen MR) is 72.5 cm³/mol. The molecule has 98 valence electrons. The first-order valence-electron chi connectivity index (χ1n) is 5.52. The highest BCUT2D eigenvalue weighted by atomic mass is 35.5. The molecular weight excluding hydrogens is 274 g/mol. The van der Waals surface area contributed by atoms with E-state index in [-0.39, 0.29) is 10.9 Å². The summed E-state index contributed by atoms with van der Waals surface area (Å²) in [7, 11) is -3.59. The van der Waals surface area contributed by atoms with E-state index in [4.69, 9.17) is 11.6 Å². The zero-order chi connectivity index (χ0) is 13.3. The fourth-order valence-corrected chi connectivity index (χ4v) is 2.91. The summed E-state index contributed by atoms with van der Waals surface area (Å²) >= 11 is 5.79. The van der Waals surface area contributed by atoms with E-state index in [1.807, 2.05) is 13.8 Å². The van der Waals surface area contributed by atoms with Crippen molar-refractivity contribution in [1.29, 1.82) is 0 Å². The van der Waals surface area contributed by atoms with Gasteiger partial charge in [-0.05, 0) is 24.1 Å². The highest BCUT2D eigenvalue weighted by Gasteiger charge is 2.26. The van der Waals surface area contributed by atoms with Crippen LogP contribution in [0.15, 0.2) is 28.1 Å². The van der Waals surface area contributed by atoms with Gasteiger partial charge in [-0.3, -0.25) is 4.99 Å². The Balaban J connectivity index is 2.39. The third-order valence-corrected chi connectivity index (χ3v) is 3.95. The molecule has 1 aromatic carbocycles. The van der Waals surface area contributed by atoms with E-state index < -0.39 is 10.0 Å². The fraction of sp³-hybridized carbons (Fsp3) is 0.364. The van der Waals surface area contributed by atoms with Crippen LogP contribution in [0.3, 0.4) is 0 Å². The highest BCUT2D eigenvalue weighted by Crippen LogP contribution is 2.27. The number of benzene rings is 1. The summed E-state index contributed by atoms with van der Waals surface area (Å²) in [6.45, 7) is 4.57. The lowest BCUT2D eigenvalue weighted by atomic mass is 10.2. The molecule has 0 unspecified atom stereocenters. The summed E-state index contributed by atoms with van der Waals surface area (Å²) in [4.78, 5) is 4.32. The molecule has 0 fully saturated rings. The zero-order valence-corrected chi connectivity index (χ0v) is 11.6. The largest absolute Gasteiger partial charge is 0.324 e. The summed E-state index contributed by atoms with van der Waals surface area (Å²) in [6, 6.07) is 4.67. The lowest BCUT2D eigenvalue weighted by molar-refractivity contribution is 0.591. The third-order valence-electron chi connectivity index (χ3n) is 2.33. The Hall–Kier alpha value is -1.27. The molecule has 0 spiro atoms. The van der Waals surface area contributed by atoms with Crippen LogP contribution in [0.1, 0.15) is 13.8 Å². The molecule has 7 heteroatoms. The lowest BCUT2D eigenvalue weighted by Crippen LogP contribution is -2.41. The molecule has 0 radical (unpaired) electrons. The molecule has 0 saturated heterocycles. The molecule has 18 heavy (non-hydrogen) atoms. The normalized spacial score (nSPS) is 19.2. The maximum absolute atomic E-state index is 12.0. The van der Waals surface area contributed by atoms with Crippen LogP contribution in [0.4, 0.5) is 5.69 Å². The average molecular weight is 288 g/mol. The molecule has 2 rings (SSSR count). The van der Waals surface area contributed by atoms with Crippen molar-refractivity contribution >= 4 is 33.3 Å². The summed E-state index contributed by atoms with van der Waals surface area (Å²) in [5, 5.41) is 3.31. The van der Waals surface area contributed by atoms with E-state index in [9.17, 15) is 8.42 Å². The number of anilines is 1. The van der Waals surface area contributed by atoms with Crippen molar-refractivity contribution in [2.45, 2.75) is 18.7 Å². The van der Waals surface area contributed by atoms with E-state index in [0.717, 1.165) is 0 Å². The van der Waals surface area contributed by atoms with Crippen LogP contribution in [-0.2, 0) is 10.0 Å². The van der Waals surface area contributed by atoms with Gasteiger partial charge in [-0.2, -0.15) is 0 Å². The van der Waals surface area contributed by atoms with E-state index >= 15 is 0 Å². The van der Waals surface area contributed by atoms with Crippen molar-refractivity contribution in [1.82, 2.24) is 4.72 Å². The van der Waals surface area contributed by atoms with Crippen LogP contribution in [0, 0.1) is 5.92 Å². The number of hydrogen-bond acceptors (Lipinski definition) is 3. The minimum absolute atomic E-state index is 0.137. The Bertz CT molecular complexity index is 596. The number of halogens is 1. The number of hydrogen-bond donors (Lipinski definition) is 2. The van der Waals surface area contributed by atoms with Crippen LogP contribution in [0.5, 0.6) is 0 Å². The summed E-state index contributed by atoms with van der Waals surface area (Å²) < 4.78 is 26.4. The molecule has 1 heterocycles. The topological polar surface area (TPSA) is 70.6 Å². The number of sulfonamides is 1. The van der Waals surface area contributed by atoms with Gasteiger partial charge in [0, 0.05) is 11.6 Å². The van der Waals surface area contributed by atoms with Crippen molar-refractivity contribution in [3.63, 3.8) is 0 Å². The molecule has 0 atom stereocenters. The molecule has 1 aromatic rings. The van der Waals surface area contributed by atoms with Crippen molar-refractivity contribution < 1.29 is 8.42 Å². The number of nitrogens with zero attached hydrogens (tertiary/aromatic N) is 1. The molecule has 0 aliphatic carbocycles. The number of guanidine groups is 1. The quantitative estimate of drug-likeness (QED) is 0.875. The van der Waals surface area contributed by atoms with E-state index in [1.54, 1.807) is 12.1 Å². The smallest absolute Gasteiger partial charge is 0.266 e. The molecule has 0 saturated carbocycles. The summed E-state index contributed by atoms with van der Waals surface area (Å²) in [5.41, 5.74) is 0.487. The molecular formula is C11H14ClN3O2S.